The molecular weight excluding hydrogens is 370 g/mol. The second-order valence-electron chi connectivity index (χ2n) is 7.20. The largest absolute Gasteiger partial charge is 0.493 e. The molecule has 3 rings (SSSR count). The molecule has 1 aliphatic heterocycles. The van der Waals surface area contributed by atoms with Gasteiger partial charge in [0.25, 0.3) is 5.91 Å². The molecule has 0 radical (unpaired) electrons. The molecule has 2 fully saturated rings. The van der Waals surface area contributed by atoms with E-state index in [1.165, 1.54) is 39.2 Å². The van der Waals surface area contributed by atoms with Crippen molar-refractivity contribution in [2.75, 3.05) is 33.9 Å². The van der Waals surface area contributed by atoms with E-state index < -0.39 is 15.9 Å². The summed E-state index contributed by atoms with van der Waals surface area (Å²) in [7, 11) is -1.21. The fourth-order valence-electron chi connectivity index (χ4n) is 3.58. The highest BCUT2D eigenvalue weighted by Gasteiger charge is 2.31. The number of nitrogens with one attached hydrogen (secondary N) is 1. The zero-order valence-electron chi connectivity index (χ0n) is 15.7. The summed E-state index contributed by atoms with van der Waals surface area (Å²) in [4.78, 5) is 15.0. The molecule has 150 valence electrons. The number of ether oxygens (including phenoxy) is 2. The number of hydrogen-bond donors (Lipinski definition) is 2. The Morgan fingerprint density at radius 1 is 1.26 bits per heavy atom. The van der Waals surface area contributed by atoms with Gasteiger partial charge < -0.3 is 14.8 Å². The lowest BCUT2D eigenvalue weighted by Crippen LogP contribution is -2.41. The molecule has 0 aromatic heterocycles. The number of carbonyl (C=O) groups is 1. The van der Waals surface area contributed by atoms with Crippen molar-refractivity contribution < 1.29 is 22.7 Å². The van der Waals surface area contributed by atoms with Crippen LogP contribution in [0.3, 0.4) is 0 Å². The molecule has 1 aromatic carbocycles. The summed E-state index contributed by atoms with van der Waals surface area (Å²) in [5.74, 6) is 0.722. The van der Waals surface area contributed by atoms with Crippen LogP contribution in [0.15, 0.2) is 17.0 Å². The smallest absolute Gasteiger partial charge is 0.255 e. The van der Waals surface area contributed by atoms with E-state index >= 15 is 0 Å². The van der Waals surface area contributed by atoms with E-state index in [9.17, 15) is 13.2 Å². The van der Waals surface area contributed by atoms with Gasteiger partial charge in [0.1, 0.15) is 0 Å². The first-order valence-corrected chi connectivity index (χ1v) is 10.7. The average molecular weight is 397 g/mol. The molecular formula is C18H27N3O5S. The standard InChI is InChI=1S/C18H27N3O5S/c1-25-16-9-14(27(19,23)24)8-15(17(16)26-2)18(22)20-10-13-4-3-7-21(13)11-12-5-6-12/h8-9,12-13H,3-7,10-11H2,1-2H3,(H,20,22)(H2,19,23,24). The molecule has 8 nitrogen and oxygen atoms in total. The molecule has 1 amide bonds. The number of primary sulfonamides is 1. The second-order valence-corrected chi connectivity index (χ2v) is 8.76. The fourth-order valence-corrected chi connectivity index (χ4v) is 4.13. The highest BCUT2D eigenvalue weighted by atomic mass is 32.2. The van der Waals surface area contributed by atoms with E-state index in [4.69, 9.17) is 14.6 Å². The van der Waals surface area contributed by atoms with E-state index in [1.807, 2.05) is 0 Å². The van der Waals surface area contributed by atoms with Crippen LogP contribution in [0.25, 0.3) is 0 Å². The van der Waals surface area contributed by atoms with E-state index in [0.29, 0.717) is 12.6 Å². The molecule has 9 heteroatoms. The summed E-state index contributed by atoms with van der Waals surface area (Å²) < 4.78 is 33.9. The molecule has 1 unspecified atom stereocenters. The Labute approximate surface area is 160 Å². The van der Waals surface area contributed by atoms with E-state index in [2.05, 4.69) is 10.2 Å². The van der Waals surface area contributed by atoms with Crippen molar-refractivity contribution in [2.45, 2.75) is 36.6 Å². The Hall–Kier alpha value is -1.84. The van der Waals surface area contributed by atoms with Crippen LogP contribution in [0.2, 0.25) is 0 Å². The van der Waals surface area contributed by atoms with E-state index in [1.54, 1.807) is 0 Å². The van der Waals surface area contributed by atoms with Crippen LogP contribution in [0.5, 0.6) is 11.5 Å². The summed E-state index contributed by atoms with van der Waals surface area (Å²) in [5, 5.41) is 8.14. The quantitative estimate of drug-likeness (QED) is 0.676. The van der Waals surface area contributed by atoms with Gasteiger partial charge in [-0.15, -0.1) is 0 Å². The molecule has 3 N–H and O–H groups in total. The number of rotatable bonds is 8. The third-order valence-electron chi connectivity index (χ3n) is 5.21. The SMILES string of the molecule is COc1cc(S(N)(=O)=O)cc(C(=O)NCC2CCCN2CC2CC2)c1OC. The molecule has 1 atom stereocenters. The van der Waals surface area contributed by atoms with Gasteiger partial charge in [0.2, 0.25) is 10.0 Å². The Morgan fingerprint density at radius 3 is 2.59 bits per heavy atom. The molecule has 1 saturated heterocycles. The van der Waals surface area contributed by atoms with Crippen LogP contribution in [-0.4, -0.2) is 59.1 Å². The molecule has 27 heavy (non-hydrogen) atoms. The van der Waals surface area contributed by atoms with Gasteiger partial charge in [-0.25, -0.2) is 13.6 Å². The van der Waals surface area contributed by atoms with Crippen molar-refractivity contribution in [3.05, 3.63) is 17.7 Å². The Kier molecular flexibility index (Phi) is 5.92. The molecule has 2 aliphatic rings. The summed E-state index contributed by atoms with van der Waals surface area (Å²) >= 11 is 0. The monoisotopic (exact) mass is 397 g/mol. The average Bonchev–Trinajstić information content (AvgIpc) is 3.34. The maximum absolute atomic E-state index is 12.8. The van der Waals surface area contributed by atoms with E-state index in [-0.39, 0.29) is 22.0 Å². The summed E-state index contributed by atoms with van der Waals surface area (Å²) in [6, 6.07) is 2.78. The van der Waals surface area contributed by atoms with Crippen LogP contribution in [0, 0.1) is 5.92 Å². The molecule has 1 saturated carbocycles. The van der Waals surface area contributed by atoms with Crippen LogP contribution < -0.4 is 19.9 Å². The number of carbonyl (C=O) groups excluding carboxylic acids is 1. The van der Waals surface area contributed by atoms with E-state index in [0.717, 1.165) is 31.8 Å². The maximum atomic E-state index is 12.8. The summed E-state index contributed by atoms with van der Waals surface area (Å²) in [6.07, 6.45) is 4.77. The lowest BCUT2D eigenvalue weighted by molar-refractivity contribution is 0.0936. The number of nitrogens with zero attached hydrogens (tertiary/aromatic N) is 1. The van der Waals surface area contributed by atoms with Crippen molar-refractivity contribution in [2.24, 2.45) is 11.1 Å². The van der Waals surface area contributed by atoms with Crippen molar-refractivity contribution >= 4 is 15.9 Å². The Bertz CT molecular complexity index is 807. The molecule has 0 bridgehead atoms. The maximum Gasteiger partial charge on any atom is 0.255 e. The lowest BCUT2D eigenvalue weighted by atomic mass is 10.1. The Morgan fingerprint density at radius 2 is 2.00 bits per heavy atom. The number of methoxy groups -OCH3 is 2. The second kappa shape index (κ2) is 8.04. The molecule has 0 spiro atoms. The van der Waals surface area contributed by atoms with Crippen LogP contribution in [-0.2, 0) is 10.0 Å². The Balaban J connectivity index is 1.76. The predicted molar refractivity (Wildman–Crippen MR) is 101 cm³/mol. The van der Waals surface area contributed by atoms with Gasteiger partial charge in [-0.1, -0.05) is 0 Å². The topological polar surface area (TPSA) is 111 Å². The fraction of sp³-hybridized carbons (Fsp3) is 0.611. The number of likely N-dealkylation sites (tertiary alicyclic amines) is 1. The van der Waals surface area contributed by atoms with Crippen molar-refractivity contribution in [3.63, 3.8) is 0 Å². The van der Waals surface area contributed by atoms with Gasteiger partial charge >= 0.3 is 0 Å². The number of amides is 1. The minimum absolute atomic E-state index is 0.0904. The molecule has 1 heterocycles. The first kappa shape index (κ1) is 19.9. The number of hydrogen-bond acceptors (Lipinski definition) is 6. The van der Waals surface area contributed by atoms with Gasteiger partial charge in [-0.2, -0.15) is 0 Å². The highest BCUT2D eigenvalue weighted by Crippen LogP contribution is 2.34. The molecule has 1 aliphatic carbocycles. The van der Waals surface area contributed by atoms with Crippen molar-refractivity contribution in [1.29, 1.82) is 0 Å². The van der Waals surface area contributed by atoms with Gasteiger partial charge in [-0.05, 0) is 44.2 Å². The van der Waals surface area contributed by atoms with Gasteiger partial charge in [0, 0.05) is 25.2 Å². The summed E-state index contributed by atoms with van der Waals surface area (Å²) in [5.41, 5.74) is 0.0904. The number of benzene rings is 1. The lowest BCUT2D eigenvalue weighted by Gasteiger charge is -2.24. The number of sulfonamides is 1. The summed E-state index contributed by atoms with van der Waals surface area (Å²) in [6.45, 7) is 2.67. The highest BCUT2D eigenvalue weighted by molar-refractivity contribution is 7.89. The zero-order chi connectivity index (χ0) is 19.6. The van der Waals surface area contributed by atoms with Gasteiger partial charge in [0.05, 0.1) is 24.7 Å². The third-order valence-corrected chi connectivity index (χ3v) is 6.11. The first-order chi connectivity index (χ1) is 12.8. The zero-order valence-corrected chi connectivity index (χ0v) is 16.5. The predicted octanol–water partition coefficient (Wildman–Crippen LogP) is 0.955. The minimum Gasteiger partial charge on any atom is -0.493 e. The van der Waals surface area contributed by atoms with Gasteiger partial charge in [0.15, 0.2) is 11.5 Å². The van der Waals surface area contributed by atoms with Gasteiger partial charge in [-0.3, -0.25) is 9.69 Å². The number of nitrogens with two attached hydrogens (primary N) is 1. The van der Waals surface area contributed by atoms with Crippen molar-refractivity contribution in [1.82, 2.24) is 10.2 Å². The normalized spacial score (nSPS) is 20.5. The van der Waals surface area contributed by atoms with Crippen LogP contribution in [0.1, 0.15) is 36.0 Å². The first-order valence-electron chi connectivity index (χ1n) is 9.14. The van der Waals surface area contributed by atoms with Crippen LogP contribution >= 0.6 is 0 Å². The van der Waals surface area contributed by atoms with Crippen molar-refractivity contribution in [3.8, 4) is 11.5 Å². The minimum atomic E-state index is -3.99. The third kappa shape index (κ3) is 4.72. The molecule has 1 aromatic rings. The van der Waals surface area contributed by atoms with Crippen LogP contribution in [0.4, 0.5) is 0 Å².